The fourth-order valence-corrected chi connectivity index (χ4v) is 1.21. The second kappa shape index (κ2) is 8.87. The normalized spacial score (nSPS) is 11.2. The monoisotopic (exact) mass is 214 g/mol. The van der Waals surface area contributed by atoms with Gasteiger partial charge in [0.2, 0.25) is 5.91 Å². The van der Waals surface area contributed by atoms with Gasteiger partial charge in [-0.15, -0.1) is 0 Å². The van der Waals surface area contributed by atoms with Gasteiger partial charge in [0, 0.05) is 6.92 Å². The Labute approximate surface area is 104 Å². The number of thioether (sulfide) groups is 1. The molecule has 1 amide bonds. The molecular weight excluding hydrogens is 201 g/mol. The van der Waals surface area contributed by atoms with E-state index >= 15 is 0 Å². The Morgan fingerprint density at radius 2 is 2.08 bits per heavy atom. The number of rotatable bonds is 5. The van der Waals surface area contributed by atoms with Crippen LogP contribution in [0.2, 0.25) is 0 Å². The van der Waals surface area contributed by atoms with Crippen LogP contribution in [0, 0.1) is 0 Å². The first-order valence-electron chi connectivity index (χ1n) is 3.56. The van der Waals surface area contributed by atoms with E-state index in [2.05, 4.69) is 5.32 Å². The van der Waals surface area contributed by atoms with Crippen molar-refractivity contribution in [2.45, 2.75) is 19.4 Å². The fraction of sp³-hybridized carbons (Fsp3) is 0.714. The molecule has 70 valence electrons. The van der Waals surface area contributed by atoms with Gasteiger partial charge in [0.1, 0.15) is 6.04 Å². The minimum absolute atomic E-state index is 0. The maximum absolute atomic E-state index is 10.5. The molecule has 4 nitrogen and oxygen atoms in total. The van der Waals surface area contributed by atoms with Gasteiger partial charge in [-0.05, 0) is 18.4 Å². The van der Waals surface area contributed by atoms with Crippen LogP contribution in [-0.4, -0.2) is 35.0 Å². The van der Waals surface area contributed by atoms with E-state index in [1.165, 1.54) is 6.92 Å². The summed E-state index contributed by atoms with van der Waals surface area (Å²) in [6.45, 7) is 1.31. The predicted octanol–water partition coefficient (Wildman–Crippen LogP) is -2.67. The summed E-state index contributed by atoms with van der Waals surface area (Å²) in [5.74, 6) is -0.542. The molecule has 13 heavy (non-hydrogen) atoms. The molecule has 0 aliphatic heterocycles. The zero-order valence-corrected chi connectivity index (χ0v) is 11.0. The Kier molecular flexibility index (Phi) is 10.7. The van der Waals surface area contributed by atoms with Gasteiger partial charge in [0.05, 0.1) is 0 Å². The molecule has 0 bridgehead atoms. The Balaban J connectivity index is 0. The number of amides is 1. The van der Waals surface area contributed by atoms with Gasteiger partial charge >= 0.3 is 35.5 Å². The SMILES string of the molecule is CSCCC(NC(C)=O)C(=O)O.[Na+]. The topological polar surface area (TPSA) is 66.4 Å². The Hall–Kier alpha value is 0.290. The van der Waals surface area contributed by atoms with Gasteiger partial charge < -0.3 is 10.4 Å². The number of carbonyl (C=O) groups is 2. The molecular formula is C7H13NNaO3S+. The summed E-state index contributed by atoms with van der Waals surface area (Å²) in [4.78, 5) is 21.1. The maximum atomic E-state index is 10.5. The van der Waals surface area contributed by atoms with E-state index in [1.807, 2.05) is 6.26 Å². The average Bonchev–Trinajstić information content (AvgIpc) is 1.96. The molecule has 1 unspecified atom stereocenters. The van der Waals surface area contributed by atoms with Crippen molar-refractivity contribution in [1.29, 1.82) is 0 Å². The van der Waals surface area contributed by atoms with E-state index in [0.29, 0.717) is 6.42 Å². The van der Waals surface area contributed by atoms with E-state index < -0.39 is 12.0 Å². The van der Waals surface area contributed by atoms with E-state index in [0.717, 1.165) is 5.75 Å². The van der Waals surface area contributed by atoms with Crippen molar-refractivity contribution < 1.29 is 44.3 Å². The first-order chi connectivity index (χ1) is 5.57. The average molecular weight is 214 g/mol. The minimum atomic E-state index is -0.973. The van der Waals surface area contributed by atoms with Crippen LogP contribution in [0.25, 0.3) is 0 Å². The van der Waals surface area contributed by atoms with Crippen molar-refractivity contribution in [3.05, 3.63) is 0 Å². The van der Waals surface area contributed by atoms with E-state index in [-0.39, 0.29) is 35.5 Å². The quantitative estimate of drug-likeness (QED) is 0.490. The van der Waals surface area contributed by atoms with Crippen molar-refractivity contribution >= 4 is 23.6 Å². The number of carbonyl (C=O) groups excluding carboxylic acids is 1. The third kappa shape index (κ3) is 8.62. The third-order valence-corrected chi connectivity index (χ3v) is 1.93. The van der Waals surface area contributed by atoms with Gasteiger partial charge in [0.25, 0.3) is 0 Å². The van der Waals surface area contributed by atoms with Gasteiger partial charge in [-0.3, -0.25) is 4.79 Å². The number of nitrogens with one attached hydrogen (secondary N) is 1. The number of carboxylic acid groups (broad SMARTS) is 1. The molecule has 0 heterocycles. The fourth-order valence-electron chi connectivity index (χ4n) is 0.738. The smallest absolute Gasteiger partial charge is 0.480 e. The summed E-state index contributed by atoms with van der Waals surface area (Å²) < 4.78 is 0. The van der Waals surface area contributed by atoms with Crippen LogP contribution >= 0.6 is 11.8 Å². The van der Waals surface area contributed by atoms with Crippen LogP contribution in [0.3, 0.4) is 0 Å². The van der Waals surface area contributed by atoms with Crippen LogP contribution < -0.4 is 34.9 Å². The molecule has 6 heteroatoms. The first kappa shape index (κ1) is 15.7. The van der Waals surface area contributed by atoms with Crippen molar-refractivity contribution in [1.82, 2.24) is 5.32 Å². The Bertz CT molecular complexity index is 177. The molecule has 0 spiro atoms. The van der Waals surface area contributed by atoms with E-state index in [9.17, 15) is 9.59 Å². The van der Waals surface area contributed by atoms with E-state index in [1.54, 1.807) is 11.8 Å². The molecule has 0 rings (SSSR count). The van der Waals surface area contributed by atoms with Gasteiger partial charge in [-0.25, -0.2) is 4.79 Å². The van der Waals surface area contributed by atoms with Crippen LogP contribution in [0.1, 0.15) is 13.3 Å². The van der Waals surface area contributed by atoms with Crippen LogP contribution in [0.5, 0.6) is 0 Å². The molecule has 0 aromatic carbocycles. The third-order valence-electron chi connectivity index (χ3n) is 1.29. The molecule has 1 atom stereocenters. The van der Waals surface area contributed by atoms with Crippen molar-refractivity contribution in [2.24, 2.45) is 0 Å². The molecule has 0 aliphatic carbocycles. The molecule has 0 saturated heterocycles. The van der Waals surface area contributed by atoms with Gasteiger partial charge in [-0.2, -0.15) is 11.8 Å². The maximum Gasteiger partial charge on any atom is 1.00 e. The summed E-state index contributed by atoms with van der Waals surface area (Å²) >= 11 is 1.56. The minimum Gasteiger partial charge on any atom is -0.480 e. The zero-order valence-electron chi connectivity index (χ0n) is 8.16. The molecule has 0 aliphatic rings. The Morgan fingerprint density at radius 1 is 1.54 bits per heavy atom. The summed E-state index contributed by atoms with van der Waals surface area (Å²) in [5.41, 5.74) is 0. The van der Waals surface area contributed by atoms with Crippen LogP contribution in [-0.2, 0) is 9.59 Å². The second-order valence-corrected chi connectivity index (χ2v) is 3.36. The largest absolute Gasteiger partial charge is 1.00 e. The number of aliphatic carboxylic acids is 1. The molecule has 2 N–H and O–H groups in total. The summed E-state index contributed by atoms with van der Waals surface area (Å²) in [6, 6.07) is -0.741. The van der Waals surface area contributed by atoms with Crippen molar-refractivity contribution in [2.75, 3.05) is 12.0 Å². The standard InChI is InChI=1S/C7H13NO3S.Na/c1-5(9)8-6(7(10)11)3-4-12-2;/h6H,3-4H2,1-2H3,(H,8,9)(H,10,11);/q;+1. The van der Waals surface area contributed by atoms with Crippen molar-refractivity contribution in [3.63, 3.8) is 0 Å². The predicted molar refractivity (Wildman–Crippen MR) is 48.2 cm³/mol. The number of hydrogen-bond donors (Lipinski definition) is 2. The molecule has 0 saturated carbocycles. The zero-order chi connectivity index (χ0) is 9.56. The number of hydrogen-bond acceptors (Lipinski definition) is 3. The molecule has 0 aromatic rings. The summed E-state index contributed by atoms with van der Waals surface area (Å²) in [7, 11) is 0. The summed E-state index contributed by atoms with van der Waals surface area (Å²) in [5, 5.41) is 11.0. The molecule has 0 radical (unpaired) electrons. The van der Waals surface area contributed by atoms with E-state index in [4.69, 9.17) is 5.11 Å². The Morgan fingerprint density at radius 3 is 2.38 bits per heavy atom. The first-order valence-corrected chi connectivity index (χ1v) is 4.96. The van der Waals surface area contributed by atoms with Gasteiger partial charge in [0.15, 0.2) is 0 Å². The van der Waals surface area contributed by atoms with Crippen molar-refractivity contribution in [3.8, 4) is 0 Å². The molecule has 0 aromatic heterocycles. The van der Waals surface area contributed by atoms with Gasteiger partial charge in [-0.1, -0.05) is 0 Å². The molecule has 0 fully saturated rings. The number of carboxylic acids is 1. The summed E-state index contributed by atoms with van der Waals surface area (Å²) in [6.07, 6.45) is 2.36. The van der Waals surface area contributed by atoms with Crippen LogP contribution in [0.4, 0.5) is 0 Å². The second-order valence-electron chi connectivity index (χ2n) is 2.37. The van der Waals surface area contributed by atoms with Crippen LogP contribution in [0.15, 0.2) is 0 Å².